The van der Waals surface area contributed by atoms with Crippen molar-refractivity contribution in [2.24, 2.45) is 0 Å². The minimum Gasteiger partial charge on any atom is -0.356 e. The van der Waals surface area contributed by atoms with Crippen molar-refractivity contribution in [1.29, 1.82) is 0 Å². The molecule has 100 valence electrons. The fraction of sp³-hybridized carbons (Fsp3) is 0.375. The summed E-state index contributed by atoms with van der Waals surface area (Å²) in [7, 11) is -1.18. The zero-order valence-corrected chi connectivity index (χ0v) is 12.0. The SMILES string of the molecule is OP(c1cccc2ccccc12)N1CCCCCC1. The first-order valence-electron chi connectivity index (χ1n) is 7.08. The van der Waals surface area contributed by atoms with Crippen molar-refractivity contribution < 1.29 is 4.89 Å². The first-order valence-corrected chi connectivity index (χ1v) is 8.32. The second-order valence-electron chi connectivity index (χ2n) is 5.16. The smallest absolute Gasteiger partial charge is 0.135 e. The predicted molar refractivity (Wildman–Crippen MR) is 82.8 cm³/mol. The molecule has 3 rings (SSSR count). The number of rotatable bonds is 2. The van der Waals surface area contributed by atoms with Gasteiger partial charge in [0.2, 0.25) is 0 Å². The Balaban J connectivity index is 1.94. The molecule has 1 unspecified atom stereocenters. The van der Waals surface area contributed by atoms with Crippen molar-refractivity contribution in [3.8, 4) is 0 Å². The minimum atomic E-state index is -1.18. The van der Waals surface area contributed by atoms with Crippen molar-refractivity contribution in [2.75, 3.05) is 13.1 Å². The zero-order valence-electron chi connectivity index (χ0n) is 11.1. The quantitative estimate of drug-likeness (QED) is 0.844. The van der Waals surface area contributed by atoms with Gasteiger partial charge in [0, 0.05) is 18.4 Å². The van der Waals surface area contributed by atoms with E-state index in [0.717, 1.165) is 18.4 Å². The molecule has 1 saturated heterocycles. The van der Waals surface area contributed by atoms with Gasteiger partial charge in [-0.2, -0.15) is 0 Å². The van der Waals surface area contributed by atoms with Crippen LogP contribution in [0.1, 0.15) is 25.7 Å². The fourth-order valence-corrected chi connectivity index (χ4v) is 4.38. The molecule has 2 aromatic carbocycles. The topological polar surface area (TPSA) is 23.5 Å². The van der Waals surface area contributed by atoms with Gasteiger partial charge in [0.25, 0.3) is 0 Å². The number of fused-ring (bicyclic) bond motifs is 1. The molecule has 2 aromatic rings. The first-order chi connectivity index (χ1) is 9.36. The highest BCUT2D eigenvalue weighted by molar-refractivity contribution is 7.58. The summed E-state index contributed by atoms with van der Waals surface area (Å²) >= 11 is 0. The van der Waals surface area contributed by atoms with Crippen molar-refractivity contribution in [3.05, 3.63) is 42.5 Å². The molecule has 1 atom stereocenters. The van der Waals surface area contributed by atoms with E-state index in [2.05, 4.69) is 47.1 Å². The molecule has 1 fully saturated rings. The minimum absolute atomic E-state index is 1.03. The largest absolute Gasteiger partial charge is 0.356 e. The highest BCUT2D eigenvalue weighted by atomic mass is 31.2. The highest BCUT2D eigenvalue weighted by Crippen LogP contribution is 2.38. The van der Waals surface area contributed by atoms with Gasteiger partial charge in [0.05, 0.1) is 0 Å². The van der Waals surface area contributed by atoms with Gasteiger partial charge in [0.1, 0.15) is 8.30 Å². The van der Waals surface area contributed by atoms with Crippen molar-refractivity contribution in [1.82, 2.24) is 4.67 Å². The fourth-order valence-electron chi connectivity index (χ4n) is 2.78. The molecule has 0 aromatic heterocycles. The van der Waals surface area contributed by atoms with E-state index >= 15 is 0 Å². The molecule has 2 nitrogen and oxygen atoms in total. The third-order valence-electron chi connectivity index (χ3n) is 3.83. The van der Waals surface area contributed by atoms with Gasteiger partial charge in [-0.15, -0.1) is 0 Å². The van der Waals surface area contributed by atoms with E-state index in [1.807, 2.05) is 0 Å². The summed E-state index contributed by atoms with van der Waals surface area (Å²) < 4.78 is 2.28. The summed E-state index contributed by atoms with van der Waals surface area (Å²) in [5.74, 6) is 0. The molecule has 19 heavy (non-hydrogen) atoms. The first kappa shape index (κ1) is 13.1. The van der Waals surface area contributed by atoms with Crippen LogP contribution in [0.25, 0.3) is 10.8 Å². The monoisotopic (exact) mass is 273 g/mol. The van der Waals surface area contributed by atoms with Crippen LogP contribution >= 0.6 is 8.30 Å². The maximum absolute atomic E-state index is 10.8. The van der Waals surface area contributed by atoms with E-state index < -0.39 is 8.30 Å². The maximum Gasteiger partial charge on any atom is 0.135 e. The normalized spacial score (nSPS) is 19.2. The predicted octanol–water partition coefficient (Wildman–Crippen LogP) is 3.65. The number of nitrogens with zero attached hydrogens (tertiary/aromatic N) is 1. The number of benzene rings is 2. The number of hydrogen-bond acceptors (Lipinski definition) is 2. The van der Waals surface area contributed by atoms with Gasteiger partial charge in [-0.25, -0.2) is 0 Å². The standard InChI is InChI=1S/C16H20NOP/c18-19(17-12-5-1-2-6-13-17)16-11-7-9-14-8-3-4-10-15(14)16/h3-4,7-11,18H,1-2,5-6,12-13H2. The average Bonchev–Trinajstić information content (AvgIpc) is 2.75. The number of hydrogen-bond donors (Lipinski definition) is 1. The molecule has 0 radical (unpaired) electrons. The maximum atomic E-state index is 10.8. The summed E-state index contributed by atoms with van der Waals surface area (Å²) in [5, 5.41) is 3.52. The lowest BCUT2D eigenvalue weighted by molar-refractivity contribution is 0.427. The molecule has 1 aliphatic rings. The lowest BCUT2D eigenvalue weighted by Gasteiger charge is -2.26. The van der Waals surface area contributed by atoms with Gasteiger partial charge in [0.15, 0.2) is 0 Å². The third kappa shape index (κ3) is 2.81. The third-order valence-corrected chi connectivity index (χ3v) is 5.59. The molecule has 0 saturated carbocycles. The van der Waals surface area contributed by atoms with Crippen LogP contribution in [0.15, 0.2) is 42.5 Å². The summed E-state index contributed by atoms with van der Waals surface area (Å²) in [5.41, 5.74) is 0. The van der Waals surface area contributed by atoms with E-state index in [9.17, 15) is 4.89 Å². The second-order valence-corrected chi connectivity index (χ2v) is 6.78. The molecule has 0 spiro atoms. The summed E-state index contributed by atoms with van der Waals surface area (Å²) in [6.45, 7) is 2.07. The molecule has 1 N–H and O–H groups in total. The van der Waals surface area contributed by atoms with Gasteiger partial charge in [-0.05, 0) is 23.6 Å². The van der Waals surface area contributed by atoms with Crippen LogP contribution in [0, 0.1) is 0 Å². The Morgan fingerprint density at radius 2 is 1.53 bits per heavy atom. The molecular formula is C16H20NOP. The van der Waals surface area contributed by atoms with Crippen molar-refractivity contribution in [2.45, 2.75) is 25.7 Å². The lowest BCUT2D eigenvalue weighted by atomic mass is 10.1. The van der Waals surface area contributed by atoms with Crippen LogP contribution in [0.5, 0.6) is 0 Å². The van der Waals surface area contributed by atoms with E-state index in [1.54, 1.807) is 0 Å². The lowest BCUT2D eigenvalue weighted by Crippen LogP contribution is -2.24. The van der Waals surface area contributed by atoms with E-state index in [4.69, 9.17) is 0 Å². The Morgan fingerprint density at radius 1 is 0.842 bits per heavy atom. The Labute approximate surface area is 115 Å². The van der Waals surface area contributed by atoms with Crippen molar-refractivity contribution in [3.63, 3.8) is 0 Å². The van der Waals surface area contributed by atoms with Gasteiger partial charge < -0.3 is 4.89 Å². The molecule has 1 aliphatic heterocycles. The van der Waals surface area contributed by atoms with Crippen LogP contribution in [-0.2, 0) is 0 Å². The Hall–Kier alpha value is -0.950. The molecule has 3 heteroatoms. The van der Waals surface area contributed by atoms with Gasteiger partial charge in [-0.3, -0.25) is 4.67 Å². The molecule has 0 bridgehead atoms. The van der Waals surface area contributed by atoms with Crippen LogP contribution in [0.2, 0.25) is 0 Å². The average molecular weight is 273 g/mol. The van der Waals surface area contributed by atoms with Crippen LogP contribution in [-0.4, -0.2) is 22.7 Å². The van der Waals surface area contributed by atoms with E-state index in [-0.39, 0.29) is 0 Å². The molecule has 0 amide bonds. The molecule has 0 aliphatic carbocycles. The zero-order chi connectivity index (χ0) is 13.1. The van der Waals surface area contributed by atoms with E-state index in [1.165, 1.54) is 36.5 Å². The summed E-state index contributed by atoms with van der Waals surface area (Å²) in [6.07, 6.45) is 5.03. The van der Waals surface area contributed by atoms with Crippen LogP contribution in [0.3, 0.4) is 0 Å². The summed E-state index contributed by atoms with van der Waals surface area (Å²) in [6, 6.07) is 14.6. The Bertz CT molecular complexity index is 544. The van der Waals surface area contributed by atoms with Gasteiger partial charge in [-0.1, -0.05) is 55.3 Å². The van der Waals surface area contributed by atoms with Gasteiger partial charge >= 0.3 is 0 Å². The second kappa shape index (κ2) is 6.00. The summed E-state index contributed by atoms with van der Waals surface area (Å²) in [4.78, 5) is 10.8. The Kier molecular flexibility index (Phi) is 4.12. The van der Waals surface area contributed by atoms with E-state index in [0.29, 0.717) is 0 Å². The molecule has 1 heterocycles. The van der Waals surface area contributed by atoms with Crippen LogP contribution < -0.4 is 5.30 Å². The molecular weight excluding hydrogens is 253 g/mol. The highest BCUT2D eigenvalue weighted by Gasteiger charge is 2.21. The van der Waals surface area contributed by atoms with Crippen molar-refractivity contribution >= 4 is 24.4 Å². The Morgan fingerprint density at radius 3 is 2.32 bits per heavy atom. The van der Waals surface area contributed by atoms with Crippen LogP contribution in [0.4, 0.5) is 0 Å².